The van der Waals surface area contributed by atoms with E-state index in [4.69, 9.17) is 10.5 Å². The monoisotopic (exact) mass is 313 g/mol. The number of rotatable bonds is 3. The second kappa shape index (κ2) is 4.58. The van der Waals surface area contributed by atoms with E-state index in [1.54, 1.807) is 6.07 Å². The molecule has 0 spiro atoms. The minimum atomic E-state index is -0.325. The molecule has 2 N–H and O–H groups in total. The molecule has 1 aromatic carbocycles. The van der Waals surface area contributed by atoms with Crippen molar-refractivity contribution in [3.05, 3.63) is 34.1 Å². The maximum atomic E-state index is 13.4. The first kappa shape index (κ1) is 12.6. The van der Waals surface area contributed by atoms with Crippen LogP contribution in [0.5, 0.6) is 0 Å². The first-order valence-electron chi connectivity index (χ1n) is 6.42. The van der Waals surface area contributed by atoms with E-state index in [-0.39, 0.29) is 17.5 Å². The fraction of sp³-hybridized carbons (Fsp3) is 0.571. The molecule has 3 rings (SSSR count). The lowest BCUT2D eigenvalue weighted by molar-refractivity contribution is 0.0626. The predicted octanol–water partition coefficient (Wildman–Crippen LogP) is 3.03. The molecule has 1 aliphatic heterocycles. The van der Waals surface area contributed by atoms with Crippen LogP contribution < -0.4 is 5.73 Å². The van der Waals surface area contributed by atoms with Gasteiger partial charge in [0, 0.05) is 16.6 Å². The van der Waals surface area contributed by atoms with Gasteiger partial charge in [0.25, 0.3) is 0 Å². The van der Waals surface area contributed by atoms with E-state index >= 15 is 0 Å². The van der Waals surface area contributed by atoms with E-state index in [1.165, 1.54) is 18.9 Å². The Balaban J connectivity index is 1.81. The van der Waals surface area contributed by atoms with Crippen LogP contribution in [-0.2, 0) is 11.2 Å². The third-order valence-corrected chi connectivity index (χ3v) is 4.40. The highest BCUT2D eigenvalue weighted by molar-refractivity contribution is 9.10. The van der Waals surface area contributed by atoms with Crippen LogP contribution in [0.2, 0.25) is 0 Å². The summed E-state index contributed by atoms with van der Waals surface area (Å²) < 4.78 is 20.0. The van der Waals surface area contributed by atoms with Crippen molar-refractivity contribution < 1.29 is 9.13 Å². The van der Waals surface area contributed by atoms with E-state index in [0.717, 1.165) is 23.1 Å². The van der Waals surface area contributed by atoms with Gasteiger partial charge >= 0.3 is 0 Å². The molecular formula is C14H17BrFNO. The first-order valence-corrected chi connectivity index (χ1v) is 7.22. The summed E-state index contributed by atoms with van der Waals surface area (Å²) >= 11 is 3.32. The lowest BCUT2D eigenvalue weighted by Crippen LogP contribution is -2.50. The molecule has 2 aliphatic rings. The van der Waals surface area contributed by atoms with Gasteiger partial charge in [-0.15, -0.1) is 0 Å². The van der Waals surface area contributed by atoms with Gasteiger partial charge in [-0.3, -0.25) is 0 Å². The maximum absolute atomic E-state index is 13.4. The zero-order valence-electron chi connectivity index (χ0n) is 10.2. The largest absolute Gasteiger partial charge is 0.376 e. The van der Waals surface area contributed by atoms with Gasteiger partial charge in [-0.05, 0) is 55.4 Å². The second-order valence-corrected chi connectivity index (χ2v) is 6.48. The Kier molecular flexibility index (Phi) is 3.20. The molecule has 0 bridgehead atoms. The fourth-order valence-electron chi connectivity index (χ4n) is 2.97. The molecule has 18 heavy (non-hydrogen) atoms. The Labute approximate surface area is 115 Å². The van der Waals surface area contributed by atoms with Gasteiger partial charge in [-0.1, -0.05) is 15.9 Å². The van der Waals surface area contributed by atoms with Crippen molar-refractivity contribution in [1.82, 2.24) is 0 Å². The van der Waals surface area contributed by atoms with Gasteiger partial charge in [0.15, 0.2) is 0 Å². The lowest BCUT2D eigenvalue weighted by Gasteiger charge is -2.30. The van der Waals surface area contributed by atoms with Crippen molar-refractivity contribution in [3.63, 3.8) is 0 Å². The van der Waals surface area contributed by atoms with Crippen LogP contribution in [0.4, 0.5) is 4.39 Å². The van der Waals surface area contributed by atoms with Crippen molar-refractivity contribution in [2.45, 2.75) is 37.3 Å². The summed E-state index contributed by atoms with van der Waals surface area (Å²) in [5.74, 6) is 0.402. The Morgan fingerprint density at radius 1 is 1.39 bits per heavy atom. The van der Waals surface area contributed by atoms with Crippen LogP contribution >= 0.6 is 15.9 Å². The topological polar surface area (TPSA) is 35.2 Å². The molecule has 2 unspecified atom stereocenters. The minimum Gasteiger partial charge on any atom is -0.376 e. The highest BCUT2D eigenvalue weighted by atomic mass is 79.9. The summed E-state index contributed by atoms with van der Waals surface area (Å²) in [6.07, 6.45) is 4.14. The lowest BCUT2D eigenvalue weighted by atomic mass is 9.83. The Bertz CT molecular complexity index is 443. The summed E-state index contributed by atoms with van der Waals surface area (Å²) in [4.78, 5) is 0. The number of ether oxygens (including phenoxy) is 1. The van der Waals surface area contributed by atoms with E-state index in [1.807, 2.05) is 6.07 Å². The van der Waals surface area contributed by atoms with E-state index in [2.05, 4.69) is 15.9 Å². The van der Waals surface area contributed by atoms with Crippen molar-refractivity contribution in [2.75, 3.05) is 6.61 Å². The molecular weight excluding hydrogens is 297 g/mol. The van der Waals surface area contributed by atoms with Gasteiger partial charge in [0.2, 0.25) is 0 Å². The third-order valence-electron chi connectivity index (χ3n) is 3.94. The van der Waals surface area contributed by atoms with Crippen molar-refractivity contribution in [1.29, 1.82) is 0 Å². The molecule has 2 atom stereocenters. The van der Waals surface area contributed by atoms with Gasteiger partial charge in [-0.25, -0.2) is 4.39 Å². The normalized spacial score (nSPS) is 31.8. The van der Waals surface area contributed by atoms with Gasteiger partial charge in [-0.2, -0.15) is 0 Å². The molecule has 1 heterocycles. The van der Waals surface area contributed by atoms with Crippen LogP contribution in [-0.4, -0.2) is 18.2 Å². The predicted molar refractivity (Wildman–Crippen MR) is 71.8 cm³/mol. The SMILES string of the molecule is NC1(Cc2cc(F)cc(Br)c2)CCOC1C1CC1. The van der Waals surface area contributed by atoms with Gasteiger partial charge in [0.05, 0.1) is 6.10 Å². The highest BCUT2D eigenvalue weighted by Gasteiger charge is 2.48. The van der Waals surface area contributed by atoms with Crippen LogP contribution in [0.25, 0.3) is 0 Å². The Hall–Kier alpha value is -0.450. The zero-order valence-corrected chi connectivity index (χ0v) is 11.7. The maximum Gasteiger partial charge on any atom is 0.124 e. The molecule has 4 heteroatoms. The highest BCUT2D eigenvalue weighted by Crippen LogP contribution is 2.43. The average molecular weight is 314 g/mol. The third kappa shape index (κ3) is 2.46. The Morgan fingerprint density at radius 3 is 2.83 bits per heavy atom. The molecule has 0 amide bonds. The molecule has 2 fully saturated rings. The summed E-state index contributed by atoms with van der Waals surface area (Å²) in [5.41, 5.74) is 7.13. The summed E-state index contributed by atoms with van der Waals surface area (Å²) in [6, 6.07) is 4.98. The zero-order chi connectivity index (χ0) is 12.8. The van der Waals surface area contributed by atoms with E-state index < -0.39 is 0 Å². The standard InChI is InChI=1S/C14H17BrFNO/c15-11-5-9(6-12(16)7-11)8-14(17)3-4-18-13(14)10-1-2-10/h5-7,10,13H,1-4,8,17H2. The van der Waals surface area contributed by atoms with Crippen molar-refractivity contribution in [3.8, 4) is 0 Å². The van der Waals surface area contributed by atoms with E-state index in [0.29, 0.717) is 12.3 Å². The number of benzene rings is 1. The van der Waals surface area contributed by atoms with Crippen LogP contribution in [0, 0.1) is 11.7 Å². The minimum absolute atomic E-state index is 0.152. The molecule has 0 radical (unpaired) electrons. The molecule has 2 nitrogen and oxygen atoms in total. The molecule has 1 saturated carbocycles. The summed E-state index contributed by atoms with van der Waals surface area (Å²) in [6.45, 7) is 0.730. The number of halogens is 2. The van der Waals surface area contributed by atoms with Crippen LogP contribution in [0.15, 0.2) is 22.7 Å². The summed E-state index contributed by atoms with van der Waals surface area (Å²) in [7, 11) is 0. The quantitative estimate of drug-likeness (QED) is 0.931. The van der Waals surface area contributed by atoms with Crippen molar-refractivity contribution in [2.24, 2.45) is 11.7 Å². The van der Waals surface area contributed by atoms with Crippen LogP contribution in [0.1, 0.15) is 24.8 Å². The molecule has 1 aromatic rings. The first-order chi connectivity index (χ1) is 8.57. The van der Waals surface area contributed by atoms with Crippen molar-refractivity contribution >= 4 is 15.9 Å². The Morgan fingerprint density at radius 2 is 2.17 bits per heavy atom. The molecule has 1 saturated heterocycles. The molecule has 0 aromatic heterocycles. The number of nitrogens with two attached hydrogens (primary N) is 1. The van der Waals surface area contributed by atoms with Crippen LogP contribution in [0.3, 0.4) is 0 Å². The smallest absolute Gasteiger partial charge is 0.124 e. The van der Waals surface area contributed by atoms with Gasteiger partial charge in [0.1, 0.15) is 5.82 Å². The number of hydrogen-bond donors (Lipinski definition) is 1. The molecule has 98 valence electrons. The summed E-state index contributed by atoms with van der Waals surface area (Å²) in [5, 5.41) is 0. The van der Waals surface area contributed by atoms with Gasteiger partial charge < -0.3 is 10.5 Å². The fourth-order valence-corrected chi connectivity index (χ4v) is 3.48. The second-order valence-electron chi connectivity index (χ2n) is 5.57. The average Bonchev–Trinajstić information content (AvgIpc) is 3.01. The van der Waals surface area contributed by atoms with E-state index in [9.17, 15) is 4.39 Å². The molecule has 1 aliphatic carbocycles. The number of hydrogen-bond acceptors (Lipinski definition) is 2.